The Kier molecular flexibility index (Phi) is 1.69. The maximum absolute atomic E-state index is 8.57. The molecule has 0 amide bonds. The Morgan fingerprint density at radius 2 is 2.42 bits per heavy atom. The molecule has 2 aromatic heterocycles. The van der Waals surface area contributed by atoms with Crippen LogP contribution in [0, 0.1) is 11.3 Å². The second-order valence-corrected chi connectivity index (χ2v) is 3.34. The van der Waals surface area contributed by atoms with Gasteiger partial charge in [-0.2, -0.15) is 5.26 Å². The summed E-state index contributed by atoms with van der Waals surface area (Å²) in [6.07, 6.45) is 1.85. The summed E-state index contributed by atoms with van der Waals surface area (Å²) in [7, 11) is 0. The molecule has 0 aliphatic rings. The van der Waals surface area contributed by atoms with E-state index in [-0.39, 0.29) is 0 Å². The fourth-order valence-electron chi connectivity index (χ4n) is 1.04. The molecule has 2 rings (SSSR count). The van der Waals surface area contributed by atoms with Gasteiger partial charge in [0.15, 0.2) is 0 Å². The Morgan fingerprint density at radius 3 is 3.00 bits per heavy atom. The molecule has 1 N–H and O–H groups in total. The number of hydrogen-bond donors (Lipinski definition) is 1. The number of hydrogen-bond acceptors (Lipinski definition) is 2. The molecule has 12 heavy (non-hydrogen) atoms. The van der Waals surface area contributed by atoms with Crippen LogP contribution in [0.15, 0.2) is 29.8 Å². The van der Waals surface area contributed by atoms with Crippen LogP contribution in [0.1, 0.15) is 5.69 Å². The third-order valence-corrected chi connectivity index (χ3v) is 2.53. The number of aromatic nitrogens is 1. The predicted molar refractivity (Wildman–Crippen MR) is 48.8 cm³/mol. The maximum atomic E-state index is 8.57. The van der Waals surface area contributed by atoms with Crippen molar-refractivity contribution < 1.29 is 0 Å². The van der Waals surface area contributed by atoms with Gasteiger partial charge < -0.3 is 4.98 Å². The highest BCUT2D eigenvalue weighted by Gasteiger charge is 2.00. The molecule has 2 heterocycles. The number of H-pyrrole nitrogens is 1. The molecule has 2 aromatic rings. The van der Waals surface area contributed by atoms with Crippen LogP contribution in [0.25, 0.3) is 10.4 Å². The number of rotatable bonds is 1. The molecule has 0 fully saturated rings. The van der Waals surface area contributed by atoms with E-state index in [2.05, 4.69) is 11.1 Å². The molecule has 0 spiro atoms. The third-order valence-electron chi connectivity index (χ3n) is 1.61. The van der Waals surface area contributed by atoms with Gasteiger partial charge in [0.1, 0.15) is 11.8 Å². The molecule has 0 radical (unpaired) electrons. The first-order valence-corrected chi connectivity index (χ1v) is 4.40. The molecular formula is C9H6N2S. The van der Waals surface area contributed by atoms with Crippen LogP contribution in [0.3, 0.4) is 0 Å². The van der Waals surface area contributed by atoms with Crippen molar-refractivity contribution in [2.24, 2.45) is 0 Å². The first-order chi connectivity index (χ1) is 5.90. The van der Waals surface area contributed by atoms with Crippen molar-refractivity contribution in [1.29, 1.82) is 5.26 Å². The highest BCUT2D eigenvalue weighted by Crippen LogP contribution is 2.24. The Morgan fingerprint density at radius 1 is 1.50 bits per heavy atom. The van der Waals surface area contributed by atoms with E-state index in [0.717, 1.165) is 5.56 Å². The summed E-state index contributed by atoms with van der Waals surface area (Å²) in [6.45, 7) is 0. The van der Waals surface area contributed by atoms with Gasteiger partial charge >= 0.3 is 0 Å². The van der Waals surface area contributed by atoms with Crippen LogP contribution in [0.2, 0.25) is 0 Å². The molecule has 2 nitrogen and oxygen atoms in total. The lowest BCUT2D eigenvalue weighted by Crippen LogP contribution is -1.64. The van der Waals surface area contributed by atoms with Gasteiger partial charge in [-0.05, 0) is 17.5 Å². The summed E-state index contributed by atoms with van der Waals surface area (Å²) in [4.78, 5) is 4.08. The Bertz CT molecular complexity index is 406. The summed E-state index contributed by atoms with van der Waals surface area (Å²) in [5.74, 6) is 0. The molecule has 0 saturated carbocycles. The number of nitriles is 1. The zero-order chi connectivity index (χ0) is 8.39. The van der Waals surface area contributed by atoms with Crippen molar-refractivity contribution in [3.05, 3.63) is 35.5 Å². The molecule has 0 aromatic carbocycles. The van der Waals surface area contributed by atoms with Crippen molar-refractivity contribution >= 4 is 11.3 Å². The van der Waals surface area contributed by atoms with E-state index in [9.17, 15) is 0 Å². The summed E-state index contributed by atoms with van der Waals surface area (Å²) < 4.78 is 0. The van der Waals surface area contributed by atoms with Crippen molar-refractivity contribution in [3.63, 3.8) is 0 Å². The second-order valence-electron chi connectivity index (χ2n) is 2.39. The van der Waals surface area contributed by atoms with Gasteiger partial charge in [-0.3, -0.25) is 0 Å². The maximum Gasteiger partial charge on any atom is 0.118 e. The van der Waals surface area contributed by atoms with Crippen LogP contribution in [0.4, 0.5) is 0 Å². The Balaban J connectivity index is 2.44. The summed E-state index contributed by atoms with van der Waals surface area (Å²) in [6, 6.07) is 7.95. The second kappa shape index (κ2) is 2.84. The third kappa shape index (κ3) is 1.13. The van der Waals surface area contributed by atoms with Crippen LogP contribution >= 0.6 is 11.3 Å². The van der Waals surface area contributed by atoms with E-state index >= 15 is 0 Å². The Hall–Kier alpha value is -1.53. The summed E-state index contributed by atoms with van der Waals surface area (Å²) in [5, 5.41) is 10.6. The van der Waals surface area contributed by atoms with Crippen molar-refractivity contribution in [1.82, 2.24) is 4.98 Å². The topological polar surface area (TPSA) is 39.6 Å². The molecule has 0 saturated heterocycles. The van der Waals surface area contributed by atoms with Gasteiger partial charge in [-0.1, -0.05) is 6.07 Å². The lowest BCUT2D eigenvalue weighted by atomic mass is 10.3. The first-order valence-electron chi connectivity index (χ1n) is 3.52. The Labute approximate surface area is 74.1 Å². The monoisotopic (exact) mass is 174 g/mol. The van der Waals surface area contributed by atoms with E-state index in [4.69, 9.17) is 5.26 Å². The van der Waals surface area contributed by atoms with E-state index in [1.807, 2.05) is 29.8 Å². The normalized spacial score (nSPS) is 9.58. The van der Waals surface area contributed by atoms with Gasteiger partial charge in [0.2, 0.25) is 0 Å². The van der Waals surface area contributed by atoms with E-state index < -0.39 is 0 Å². The van der Waals surface area contributed by atoms with Crippen molar-refractivity contribution in [2.75, 3.05) is 0 Å². The highest BCUT2D eigenvalue weighted by molar-refractivity contribution is 7.13. The zero-order valence-corrected chi connectivity index (χ0v) is 7.06. The summed E-state index contributed by atoms with van der Waals surface area (Å²) in [5.41, 5.74) is 1.69. The molecule has 58 valence electrons. The van der Waals surface area contributed by atoms with Gasteiger partial charge in [-0.25, -0.2) is 0 Å². The SMILES string of the molecule is N#Cc1cc(-c2cccs2)c[nH]1. The average molecular weight is 174 g/mol. The van der Waals surface area contributed by atoms with Crippen molar-refractivity contribution in [3.8, 4) is 16.5 Å². The first kappa shape index (κ1) is 7.14. The molecule has 0 aliphatic heterocycles. The number of nitrogens with one attached hydrogen (secondary N) is 1. The lowest BCUT2D eigenvalue weighted by Gasteiger charge is -1.85. The van der Waals surface area contributed by atoms with Crippen LogP contribution < -0.4 is 0 Å². The van der Waals surface area contributed by atoms with Gasteiger partial charge in [-0.15, -0.1) is 11.3 Å². The average Bonchev–Trinajstić information content (AvgIpc) is 2.75. The quantitative estimate of drug-likeness (QED) is 0.709. The van der Waals surface area contributed by atoms with Gasteiger partial charge in [0.25, 0.3) is 0 Å². The smallest absolute Gasteiger partial charge is 0.118 e. The molecule has 3 heteroatoms. The molecule has 0 unspecified atom stereocenters. The number of nitrogens with zero attached hydrogens (tertiary/aromatic N) is 1. The lowest BCUT2D eigenvalue weighted by molar-refractivity contribution is 1.33. The minimum atomic E-state index is 0.610. The van der Waals surface area contributed by atoms with E-state index in [0.29, 0.717) is 5.69 Å². The molecule has 0 atom stereocenters. The van der Waals surface area contributed by atoms with Crippen molar-refractivity contribution in [2.45, 2.75) is 0 Å². The van der Waals surface area contributed by atoms with Gasteiger partial charge in [0, 0.05) is 16.6 Å². The van der Waals surface area contributed by atoms with E-state index in [1.54, 1.807) is 11.3 Å². The highest BCUT2D eigenvalue weighted by atomic mass is 32.1. The predicted octanol–water partition coefficient (Wildman–Crippen LogP) is 2.61. The number of thiophene rings is 1. The summed E-state index contributed by atoms with van der Waals surface area (Å²) >= 11 is 1.67. The number of aromatic amines is 1. The van der Waals surface area contributed by atoms with Gasteiger partial charge in [0.05, 0.1) is 0 Å². The van der Waals surface area contributed by atoms with E-state index in [1.165, 1.54) is 4.88 Å². The minimum absolute atomic E-state index is 0.610. The molecule has 0 bridgehead atoms. The fraction of sp³-hybridized carbons (Fsp3) is 0. The van der Waals surface area contributed by atoms with Crippen LogP contribution in [-0.2, 0) is 0 Å². The standard InChI is InChI=1S/C9H6N2S/c10-5-8-4-7(6-11-8)9-2-1-3-12-9/h1-4,6,11H. The van der Waals surface area contributed by atoms with Crippen LogP contribution in [0.5, 0.6) is 0 Å². The molecule has 0 aliphatic carbocycles. The fourth-order valence-corrected chi connectivity index (χ4v) is 1.76. The zero-order valence-electron chi connectivity index (χ0n) is 6.24. The van der Waals surface area contributed by atoms with Crippen LogP contribution in [-0.4, -0.2) is 4.98 Å². The largest absolute Gasteiger partial charge is 0.352 e. The molecular weight excluding hydrogens is 168 g/mol. The minimum Gasteiger partial charge on any atom is -0.352 e.